The fourth-order valence-corrected chi connectivity index (χ4v) is 2.44. The summed E-state index contributed by atoms with van der Waals surface area (Å²) in [5, 5.41) is 4.00. The summed E-state index contributed by atoms with van der Waals surface area (Å²) in [4.78, 5) is 6.70. The maximum absolute atomic E-state index is 5.86. The van der Waals surface area contributed by atoms with Crippen LogP contribution in [0.1, 0.15) is 12.8 Å². The third-order valence-electron chi connectivity index (χ3n) is 2.94. The predicted octanol–water partition coefficient (Wildman–Crippen LogP) is 2.13. The molecule has 0 radical (unpaired) electrons. The molecule has 0 aliphatic carbocycles. The zero-order chi connectivity index (χ0) is 9.54. The first kappa shape index (κ1) is 8.36. The Hall–Kier alpha value is -0.960. The molecule has 1 saturated heterocycles. The minimum absolute atomic E-state index is 0.558. The molecule has 2 aliphatic rings. The number of aromatic nitrogens is 1. The van der Waals surface area contributed by atoms with E-state index in [0.717, 1.165) is 18.9 Å². The lowest BCUT2D eigenvalue weighted by atomic mass is 10.0. The topological polar surface area (TPSA) is 28.2 Å². The largest absolute Gasteiger partial charge is 0.366 e. The molecule has 74 valence electrons. The quantitative estimate of drug-likeness (QED) is 0.664. The van der Waals surface area contributed by atoms with Crippen LogP contribution in [0.15, 0.2) is 12.1 Å². The fourth-order valence-electron chi connectivity index (χ4n) is 2.30. The van der Waals surface area contributed by atoms with E-state index in [9.17, 15) is 0 Å². The van der Waals surface area contributed by atoms with Crippen molar-refractivity contribution in [1.29, 1.82) is 0 Å². The van der Waals surface area contributed by atoms with E-state index in [1.807, 2.05) is 6.07 Å². The van der Waals surface area contributed by atoms with Crippen molar-refractivity contribution in [2.24, 2.45) is 0 Å². The Kier molecular flexibility index (Phi) is 1.80. The highest BCUT2D eigenvalue weighted by Crippen LogP contribution is 2.33. The van der Waals surface area contributed by atoms with E-state index in [0.29, 0.717) is 11.2 Å². The van der Waals surface area contributed by atoms with Crippen molar-refractivity contribution in [1.82, 2.24) is 4.98 Å². The van der Waals surface area contributed by atoms with Gasteiger partial charge in [0.2, 0.25) is 0 Å². The molecule has 1 aromatic rings. The molecule has 0 aromatic carbocycles. The van der Waals surface area contributed by atoms with Gasteiger partial charge in [-0.1, -0.05) is 11.6 Å². The highest BCUT2D eigenvalue weighted by atomic mass is 35.5. The van der Waals surface area contributed by atoms with Crippen molar-refractivity contribution in [2.45, 2.75) is 18.9 Å². The molecule has 2 aliphatic heterocycles. The molecule has 2 bridgehead atoms. The third-order valence-corrected chi connectivity index (χ3v) is 3.15. The zero-order valence-corrected chi connectivity index (χ0v) is 8.59. The SMILES string of the molecule is Clc1ccc2c(n1)NC1CCCN2C1. The van der Waals surface area contributed by atoms with E-state index >= 15 is 0 Å². The molecular formula is C10H12ClN3. The Morgan fingerprint density at radius 2 is 2.43 bits per heavy atom. The minimum atomic E-state index is 0.558. The summed E-state index contributed by atoms with van der Waals surface area (Å²) in [5.41, 5.74) is 1.20. The second kappa shape index (κ2) is 3.02. The average Bonchev–Trinajstić information content (AvgIpc) is 2.17. The van der Waals surface area contributed by atoms with Gasteiger partial charge in [0.25, 0.3) is 0 Å². The van der Waals surface area contributed by atoms with Crippen molar-refractivity contribution in [3.05, 3.63) is 17.3 Å². The van der Waals surface area contributed by atoms with E-state index < -0.39 is 0 Å². The van der Waals surface area contributed by atoms with Gasteiger partial charge in [0.15, 0.2) is 5.82 Å². The van der Waals surface area contributed by atoms with Crippen molar-refractivity contribution < 1.29 is 0 Å². The first-order valence-electron chi connectivity index (χ1n) is 5.01. The van der Waals surface area contributed by atoms with E-state index in [4.69, 9.17) is 11.6 Å². The van der Waals surface area contributed by atoms with Crippen molar-refractivity contribution in [3.8, 4) is 0 Å². The number of anilines is 2. The number of rotatable bonds is 0. The summed E-state index contributed by atoms with van der Waals surface area (Å²) < 4.78 is 0. The number of pyridine rings is 1. The molecule has 1 N–H and O–H groups in total. The van der Waals surface area contributed by atoms with Gasteiger partial charge in [0.05, 0.1) is 5.69 Å². The Labute approximate surface area is 88.1 Å². The normalized spacial score (nSPS) is 24.1. The lowest BCUT2D eigenvalue weighted by molar-refractivity contribution is 0.516. The van der Waals surface area contributed by atoms with Crippen LogP contribution in [0, 0.1) is 0 Å². The Morgan fingerprint density at radius 3 is 3.36 bits per heavy atom. The molecule has 4 heteroatoms. The number of hydrogen-bond acceptors (Lipinski definition) is 3. The van der Waals surface area contributed by atoms with Gasteiger partial charge in [-0.15, -0.1) is 0 Å². The van der Waals surface area contributed by atoms with Crippen LogP contribution >= 0.6 is 11.6 Å². The average molecular weight is 210 g/mol. The Morgan fingerprint density at radius 1 is 1.50 bits per heavy atom. The van der Waals surface area contributed by atoms with Crippen LogP contribution < -0.4 is 10.2 Å². The monoisotopic (exact) mass is 209 g/mol. The molecule has 1 aromatic heterocycles. The number of hydrogen-bond donors (Lipinski definition) is 1. The summed E-state index contributed by atoms with van der Waals surface area (Å²) in [7, 11) is 0. The van der Waals surface area contributed by atoms with E-state index in [-0.39, 0.29) is 0 Å². The summed E-state index contributed by atoms with van der Waals surface area (Å²) >= 11 is 5.86. The number of piperidine rings is 1. The van der Waals surface area contributed by atoms with Crippen LogP contribution in [0.3, 0.4) is 0 Å². The smallest absolute Gasteiger partial charge is 0.151 e. The standard InChI is InChI=1S/C10H12ClN3/c11-9-4-3-8-10(13-9)12-7-2-1-5-14(8)6-7/h3-4,7H,1-2,5-6H2,(H,12,13). The summed E-state index contributed by atoms with van der Waals surface area (Å²) in [6.45, 7) is 2.25. The molecule has 3 nitrogen and oxygen atoms in total. The van der Waals surface area contributed by atoms with Crippen LogP contribution in [0.2, 0.25) is 5.15 Å². The van der Waals surface area contributed by atoms with Crippen LogP contribution in [0.25, 0.3) is 0 Å². The van der Waals surface area contributed by atoms with E-state index in [1.54, 1.807) is 0 Å². The predicted molar refractivity (Wildman–Crippen MR) is 58.1 cm³/mol. The first-order valence-corrected chi connectivity index (χ1v) is 5.39. The van der Waals surface area contributed by atoms with Gasteiger partial charge in [-0.05, 0) is 25.0 Å². The zero-order valence-electron chi connectivity index (χ0n) is 7.83. The Bertz CT molecular complexity index is 366. The highest BCUT2D eigenvalue weighted by Gasteiger charge is 2.27. The molecule has 3 rings (SSSR count). The van der Waals surface area contributed by atoms with Crippen LogP contribution in [-0.2, 0) is 0 Å². The summed E-state index contributed by atoms with van der Waals surface area (Å²) in [6.07, 6.45) is 2.50. The van der Waals surface area contributed by atoms with Crippen molar-refractivity contribution in [3.63, 3.8) is 0 Å². The van der Waals surface area contributed by atoms with Crippen LogP contribution in [0.5, 0.6) is 0 Å². The second-order valence-electron chi connectivity index (χ2n) is 3.93. The highest BCUT2D eigenvalue weighted by molar-refractivity contribution is 6.29. The van der Waals surface area contributed by atoms with Gasteiger partial charge < -0.3 is 10.2 Å². The van der Waals surface area contributed by atoms with Gasteiger partial charge >= 0.3 is 0 Å². The molecule has 0 amide bonds. The number of halogens is 1. The van der Waals surface area contributed by atoms with Crippen molar-refractivity contribution >= 4 is 23.1 Å². The minimum Gasteiger partial charge on any atom is -0.366 e. The maximum Gasteiger partial charge on any atom is 0.151 e. The molecule has 1 fully saturated rings. The second-order valence-corrected chi connectivity index (χ2v) is 4.32. The van der Waals surface area contributed by atoms with Crippen molar-refractivity contribution in [2.75, 3.05) is 23.3 Å². The first-order chi connectivity index (χ1) is 6.83. The molecule has 3 heterocycles. The molecule has 1 unspecified atom stereocenters. The molecule has 1 atom stereocenters. The molecule has 0 saturated carbocycles. The Balaban J connectivity index is 2.06. The summed E-state index contributed by atoms with van der Waals surface area (Å²) in [5.74, 6) is 0.952. The molecule has 0 spiro atoms. The number of nitrogens with zero attached hydrogens (tertiary/aromatic N) is 2. The molecular weight excluding hydrogens is 198 g/mol. The lowest BCUT2D eigenvalue weighted by Gasteiger charge is -2.40. The number of fused-ring (bicyclic) bond motifs is 4. The van der Waals surface area contributed by atoms with Crippen LogP contribution in [-0.4, -0.2) is 24.1 Å². The lowest BCUT2D eigenvalue weighted by Crippen LogP contribution is -2.46. The van der Waals surface area contributed by atoms with E-state index in [1.165, 1.54) is 18.5 Å². The fraction of sp³-hybridized carbons (Fsp3) is 0.500. The van der Waals surface area contributed by atoms with Gasteiger partial charge in [-0.3, -0.25) is 0 Å². The summed E-state index contributed by atoms with van der Waals surface area (Å²) in [6, 6.07) is 4.47. The van der Waals surface area contributed by atoms with Gasteiger partial charge in [-0.25, -0.2) is 4.98 Å². The van der Waals surface area contributed by atoms with E-state index in [2.05, 4.69) is 21.3 Å². The molecule has 14 heavy (non-hydrogen) atoms. The van der Waals surface area contributed by atoms with Gasteiger partial charge in [0, 0.05) is 19.1 Å². The van der Waals surface area contributed by atoms with Gasteiger partial charge in [0.1, 0.15) is 5.15 Å². The van der Waals surface area contributed by atoms with Gasteiger partial charge in [-0.2, -0.15) is 0 Å². The van der Waals surface area contributed by atoms with Crippen LogP contribution in [0.4, 0.5) is 11.5 Å². The maximum atomic E-state index is 5.86. The number of nitrogens with one attached hydrogen (secondary N) is 1. The third kappa shape index (κ3) is 1.23.